The molecule has 0 aromatic carbocycles. The zero-order valence-electron chi connectivity index (χ0n) is 15.3. The highest BCUT2D eigenvalue weighted by Gasteiger charge is 2.35. The highest BCUT2D eigenvalue weighted by atomic mass is 16.3. The van der Waals surface area contributed by atoms with Gasteiger partial charge in [-0.2, -0.15) is 0 Å². The number of amides is 1. The normalized spacial score (nSPS) is 20.9. The summed E-state index contributed by atoms with van der Waals surface area (Å²) in [7, 11) is 2.04. The van der Waals surface area contributed by atoms with Gasteiger partial charge in [-0.05, 0) is 45.8 Å². The summed E-state index contributed by atoms with van der Waals surface area (Å²) in [5, 5.41) is 0. The van der Waals surface area contributed by atoms with E-state index < -0.39 is 0 Å². The molecule has 0 N–H and O–H groups in total. The number of fused-ring (bicyclic) bond motifs is 1. The molecular weight excluding hydrogens is 316 g/mol. The minimum Gasteiger partial charge on any atom is -0.466 e. The van der Waals surface area contributed by atoms with Crippen LogP contribution in [0.4, 0.5) is 0 Å². The van der Waals surface area contributed by atoms with Gasteiger partial charge in [0.25, 0.3) is 5.91 Å². The number of aromatic nitrogens is 2. The first kappa shape index (κ1) is 16.4. The van der Waals surface area contributed by atoms with E-state index in [1.165, 1.54) is 18.5 Å². The van der Waals surface area contributed by atoms with E-state index in [2.05, 4.69) is 14.5 Å². The molecule has 2 aliphatic heterocycles. The maximum absolute atomic E-state index is 13.2. The van der Waals surface area contributed by atoms with Crippen molar-refractivity contribution < 1.29 is 9.21 Å². The van der Waals surface area contributed by atoms with Gasteiger partial charge in [0, 0.05) is 25.7 Å². The Morgan fingerprint density at radius 1 is 1.32 bits per heavy atom. The van der Waals surface area contributed by atoms with Crippen molar-refractivity contribution in [2.75, 3.05) is 19.6 Å². The summed E-state index contributed by atoms with van der Waals surface area (Å²) in [6.45, 7) is 7.55. The summed E-state index contributed by atoms with van der Waals surface area (Å²) in [5.74, 6) is 1.55. The highest BCUT2D eigenvalue weighted by molar-refractivity contribution is 5.95. The van der Waals surface area contributed by atoms with Crippen LogP contribution in [0.2, 0.25) is 0 Å². The molecule has 0 saturated carbocycles. The summed E-state index contributed by atoms with van der Waals surface area (Å²) >= 11 is 0. The van der Waals surface area contributed by atoms with Crippen LogP contribution in [0.5, 0.6) is 0 Å². The largest absolute Gasteiger partial charge is 0.466 e. The molecule has 25 heavy (non-hydrogen) atoms. The molecule has 6 heteroatoms. The van der Waals surface area contributed by atoms with Crippen LogP contribution in [0, 0.1) is 13.8 Å². The summed E-state index contributed by atoms with van der Waals surface area (Å²) in [6, 6.07) is 2.04. The zero-order chi connectivity index (χ0) is 17.6. The van der Waals surface area contributed by atoms with Gasteiger partial charge in [-0.1, -0.05) is 0 Å². The molecule has 0 unspecified atom stereocenters. The minimum absolute atomic E-state index is 0.0647. The fourth-order valence-corrected chi connectivity index (χ4v) is 4.18. The third-order valence-electron chi connectivity index (χ3n) is 5.54. The molecule has 0 bridgehead atoms. The Kier molecular flexibility index (Phi) is 4.15. The van der Waals surface area contributed by atoms with Crippen LogP contribution in [-0.4, -0.2) is 50.9 Å². The maximum atomic E-state index is 13.2. The third kappa shape index (κ3) is 2.99. The zero-order valence-corrected chi connectivity index (χ0v) is 15.3. The molecule has 2 aromatic heterocycles. The molecule has 0 radical (unpaired) electrons. The second-order valence-electron chi connectivity index (χ2n) is 7.37. The van der Waals surface area contributed by atoms with Gasteiger partial charge >= 0.3 is 0 Å². The Labute approximate surface area is 148 Å². The van der Waals surface area contributed by atoms with Gasteiger partial charge in [-0.25, -0.2) is 4.98 Å². The van der Waals surface area contributed by atoms with Crippen molar-refractivity contribution in [2.24, 2.45) is 7.05 Å². The number of carbonyl (C=O) groups excluding carboxylic acids is 1. The van der Waals surface area contributed by atoms with Crippen molar-refractivity contribution in [1.29, 1.82) is 0 Å². The fourth-order valence-electron chi connectivity index (χ4n) is 4.18. The molecule has 134 valence electrons. The highest BCUT2D eigenvalue weighted by Crippen LogP contribution is 2.27. The number of likely N-dealkylation sites (tertiary alicyclic amines) is 1. The topological polar surface area (TPSA) is 54.5 Å². The number of nitrogens with zero attached hydrogens (tertiary/aromatic N) is 4. The van der Waals surface area contributed by atoms with Crippen LogP contribution < -0.4 is 0 Å². The Morgan fingerprint density at radius 3 is 2.76 bits per heavy atom. The van der Waals surface area contributed by atoms with Gasteiger partial charge in [0.15, 0.2) is 0 Å². The van der Waals surface area contributed by atoms with E-state index in [4.69, 9.17) is 4.42 Å². The van der Waals surface area contributed by atoms with Crippen LogP contribution in [-0.2, 0) is 20.0 Å². The van der Waals surface area contributed by atoms with Crippen LogP contribution in [0.15, 0.2) is 16.8 Å². The molecule has 4 heterocycles. The predicted octanol–water partition coefficient (Wildman–Crippen LogP) is 2.29. The van der Waals surface area contributed by atoms with Crippen LogP contribution in [0.25, 0.3) is 0 Å². The van der Waals surface area contributed by atoms with E-state index >= 15 is 0 Å². The van der Waals surface area contributed by atoms with Gasteiger partial charge < -0.3 is 18.8 Å². The van der Waals surface area contributed by atoms with Gasteiger partial charge in [0.05, 0.1) is 30.2 Å². The molecule has 1 fully saturated rings. The van der Waals surface area contributed by atoms with Crippen molar-refractivity contribution >= 4 is 5.91 Å². The maximum Gasteiger partial charge on any atom is 0.258 e. The van der Waals surface area contributed by atoms with E-state index in [0.29, 0.717) is 17.9 Å². The average Bonchev–Trinajstić information content (AvgIpc) is 3.29. The van der Waals surface area contributed by atoms with Crippen LogP contribution in [0.3, 0.4) is 0 Å². The van der Waals surface area contributed by atoms with E-state index in [1.807, 2.05) is 38.2 Å². The number of hydrogen-bond acceptors (Lipinski definition) is 4. The second kappa shape index (κ2) is 6.33. The molecule has 0 aliphatic carbocycles. The first-order valence-corrected chi connectivity index (χ1v) is 9.12. The van der Waals surface area contributed by atoms with E-state index in [1.54, 1.807) is 0 Å². The molecule has 2 aliphatic rings. The Hall–Kier alpha value is -2.08. The first-order valence-electron chi connectivity index (χ1n) is 9.12. The lowest BCUT2D eigenvalue weighted by atomic mass is 10.0. The number of rotatable bonds is 3. The average molecular weight is 342 g/mol. The Bertz CT molecular complexity index is 785. The van der Waals surface area contributed by atoms with Crippen molar-refractivity contribution in [1.82, 2.24) is 19.4 Å². The molecule has 1 saturated heterocycles. The minimum atomic E-state index is 0.0647. The fraction of sp³-hybridized carbons (Fsp3) is 0.579. The van der Waals surface area contributed by atoms with Gasteiger partial charge in [-0.15, -0.1) is 0 Å². The molecule has 2 aromatic rings. The number of aryl methyl sites for hydroxylation is 3. The lowest BCUT2D eigenvalue weighted by Crippen LogP contribution is -2.50. The Balaban J connectivity index is 1.64. The van der Waals surface area contributed by atoms with Crippen molar-refractivity contribution in [3.8, 4) is 0 Å². The predicted molar refractivity (Wildman–Crippen MR) is 94.4 cm³/mol. The van der Waals surface area contributed by atoms with Gasteiger partial charge in [-0.3, -0.25) is 4.79 Å². The molecular formula is C19H26N4O2. The lowest BCUT2D eigenvalue weighted by molar-refractivity contribution is 0.0585. The second-order valence-corrected chi connectivity index (χ2v) is 7.37. The van der Waals surface area contributed by atoms with Gasteiger partial charge in [0.2, 0.25) is 0 Å². The van der Waals surface area contributed by atoms with E-state index in [-0.39, 0.29) is 11.9 Å². The summed E-state index contributed by atoms with van der Waals surface area (Å²) in [6.07, 6.45) is 5.25. The molecule has 1 amide bonds. The standard InChI is InChI=1S/C19H26N4O2/c1-13-8-16(14(2)25-13)19(24)23-11-17-18(21(3)12-20-17)9-15(23)10-22-6-4-5-7-22/h8,12,15H,4-7,9-11H2,1-3H3/t15-/m1/s1. The first-order chi connectivity index (χ1) is 12.0. The molecule has 0 spiro atoms. The van der Waals surface area contributed by atoms with Crippen molar-refractivity contribution in [2.45, 2.75) is 45.7 Å². The van der Waals surface area contributed by atoms with Crippen LogP contribution >= 0.6 is 0 Å². The smallest absolute Gasteiger partial charge is 0.258 e. The number of carbonyl (C=O) groups is 1. The molecule has 4 rings (SSSR count). The van der Waals surface area contributed by atoms with Crippen LogP contribution in [0.1, 0.15) is 46.1 Å². The third-order valence-corrected chi connectivity index (χ3v) is 5.54. The Morgan fingerprint density at radius 2 is 2.08 bits per heavy atom. The SMILES string of the molecule is Cc1cc(C(=O)N2Cc3ncn(C)c3C[C@@H]2CN2CCCC2)c(C)o1. The lowest BCUT2D eigenvalue weighted by Gasteiger charge is -2.37. The quantitative estimate of drug-likeness (QED) is 0.859. The van der Waals surface area contributed by atoms with E-state index in [0.717, 1.165) is 37.5 Å². The van der Waals surface area contributed by atoms with E-state index in [9.17, 15) is 4.79 Å². The molecule has 6 nitrogen and oxygen atoms in total. The summed E-state index contributed by atoms with van der Waals surface area (Å²) in [5.41, 5.74) is 2.96. The van der Waals surface area contributed by atoms with Gasteiger partial charge in [0.1, 0.15) is 11.5 Å². The van der Waals surface area contributed by atoms with Crippen molar-refractivity contribution in [3.05, 3.63) is 40.9 Å². The monoisotopic (exact) mass is 342 g/mol. The molecule has 1 atom stereocenters. The van der Waals surface area contributed by atoms with Crippen molar-refractivity contribution in [3.63, 3.8) is 0 Å². The number of furan rings is 1. The summed E-state index contributed by atoms with van der Waals surface area (Å²) in [4.78, 5) is 22.2. The number of hydrogen-bond donors (Lipinski definition) is 0. The number of imidazole rings is 1. The summed E-state index contributed by atoms with van der Waals surface area (Å²) < 4.78 is 7.69.